The van der Waals surface area contributed by atoms with E-state index >= 15 is 0 Å². The van der Waals surface area contributed by atoms with Crippen LogP contribution in [0.4, 0.5) is 10.1 Å². The lowest BCUT2D eigenvalue weighted by Gasteiger charge is -2.06. The van der Waals surface area contributed by atoms with Gasteiger partial charge in [0.1, 0.15) is 16.7 Å². The van der Waals surface area contributed by atoms with Gasteiger partial charge >= 0.3 is 0 Å². The molecule has 1 N–H and O–H groups in total. The van der Waals surface area contributed by atoms with Gasteiger partial charge < -0.3 is 5.32 Å². The van der Waals surface area contributed by atoms with E-state index in [0.717, 1.165) is 6.07 Å². The molecule has 0 aliphatic carbocycles. The van der Waals surface area contributed by atoms with Gasteiger partial charge in [0.15, 0.2) is 0 Å². The molecule has 1 heterocycles. The van der Waals surface area contributed by atoms with Gasteiger partial charge in [-0.25, -0.2) is 9.37 Å². The van der Waals surface area contributed by atoms with Gasteiger partial charge in [0.05, 0.1) is 18.1 Å². The second-order valence-corrected chi connectivity index (χ2v) is 4.13. The van der Waals surface area contributed by atoms with Crippen LogP contribution in [0.3, 0.4) is 0 Å². The third-order valence-electron chi connectivity index (χ3n) is 2.01. The second-order valence-electron chi connectivity index (χ2n) is 3.31. The molecule has 0 spiro atoms. The SMILES string of the molecule is O=C(Nc1cc(Cl)ccc1F)c1cncc(Cl)n1. The zero-order chi connectivity index (χ0) is 13.1. The van der Waals surface area contributed by atoms with Crippen LogP contribution in [0.2, 0.25) is 10.2 Å². The van der Waals surface area contributed by atoms with Gasteiger partial charge in [-0.3, -0.25) is 9.78 Å². The molecule has 7 heteroatoms. The van der Waals surface area contributed by atoms with Gasteiger partial charge in [-0.1, -0.05) is 23.2 Å². The zero-order valence-electron chi connectivity index (χ0n) is 8.82. The molecule has 0 fully saturated rings. The fourth-order valence-corrected chi connectivity index (χ4v) is 1.55. The van der Waals surface area contributed by atoms with E-state index in [9.17, 15) is 9.18 Å². The third-order valence-corrected chi connectivity index (χ3v) is 2.43. The summed E-state index contributed by atoms with van der Waals surface area (Å²) in [5.41, 5.74) is -0.0452. The summed E-state index contributed by atoms with van der Waals surface area (Å²) < 4.78 is 13.4. The minimum absolute atomic E-state index is 0.0122. The Morgan fingerprint density at radius 2 is 2.06 bits per heavy atom. The highest BCUT2D eigenvalue weighted by atomic mass is 35.5. The minimum Gasteiger partial charge on any atom is -0.318 e. The Kier molecular flexibility index (Phi) is 3.74. The number of benzene rings is 1. The number of carbonyl (C=O) groups is 1. The lowest BCUT2D eigenvalue weighted by atomic mass is 10.3. The van der Waals surface area contributed by atoms with Crippen LogP contribution in [0.1, 0.15) is 10.5 Å². The fourth-order valence-electron chi connectivity index (χ4n) is 1.23. The van der Waals surface area contributed by atoms with Gasteiger partial charge in [0, 0.05) is 5.02 Å². The molecule has 0 unspecified atom stereocenters. The lowest BCUT2D eigenvalue weighted by molar-refractivity contribution is 0.102. The highest BCUT2D eigenvalue weighted by Gasteiger charge is 2.11. The van der Waals surface area contributed by atoms with E-state index in [1.807, 2.05) is 0 Å². The van der Waals surface area contributed by atoms with Crippen LogP contribution in [0.5, 0.6) is 0 Å². The molecule has 2 aromatic rings. The first-order valence-corrected chi connectivity index (χ1v) is 5.56. The molecule has 1 amide bonds. The molecule has 0 radical (unpaired) electrons. The second kappa shape index (κ2) is 5.29. The third kappa shape index (κ3) is 2.94. The molecule has 0 aliphatic rings. The lowest BCUT2D eigenvalue weighted by Crippen LogP contribution is -2.15. The molecular formula is C11H6Cl2FN3O. The summed E-state index contributed by atoms with van der Waals surface area (Å²) in [5, 5.41) is 2.72. The maximum atomic E-state index is 13.4. The van der Waals surface area contributed by atoms with Crippen LogP contribution in [-0.4, -0.2) is 15.9 Å². The van der Waals surface area contributed by atoms with Crippen LogP contribution >= 0.6 is 23.2 Å². The van der Waals surface area contributed by atoms with Crippen LogP contribution in [0.25, 0.3) is 0 Å². The minimum atomic E-state index is -0.619. The maximum Gasteiger partial charge on any atom is 0.276 e. The predicted octanol–water partition coefficient (Wildman–Crippen LogP) is 3.17. The zero-order valence-corrected chi connectivity index (χ0v) is 10.3. The Labute approximate surface area is 112 Å². The van der Waals surface area contributed by atoms with Crippen LogP contribution < -0.4 is 5.32 Å². The molecule has 0 aliphatic heterocycles. The van der Waals surface area contributed by atoms with Gasteiger partial charge in [-0.15, -0.1) is 0 Å². The van der Waals surface area contributed by atoms with E-state index < -0.39 is 11.7 Å². The Morgan fingerprint density at radius 3 is 2.78 bits per heavy atom. The number of hydrogen-bond donors (Lipinski definition) is 1. The molecule has 1 aromatic carbocycles. The van der Waals surface area contributed by atoms with E-state index in [0.29, 0.717) is 5.02 Å². The number of nitrogens with zero attached hydrogens (tertiary/aromatic N) is 2. The molecule has 0 saturated carbocycles. The highest BCUT2D eigenvalue weighted by Crippen LogP contribution is 2.20. The molecule has 0 bridgehead atoms. The summed E-state index contributed by atoms with van der Waals surface area (Å²) in [4.78, 5) is 19.2. The average molecular weight is 286 g/mol. The van der Waals surface area contributed by atoms with E-state index in [-0.39, 0.29) is 16.5 Å². The summed E-state index contributed by atoms with van der Waals surface area (Å²) >= 11 is 11.3. The number of halogens is 3. The summed E-state index contributed by atoms with van der Waals surface area (Å²) in [7, 11) is 0. The number of anilines is 1. The fraction of sp³-hybridized carbons (Fsp3) is 0. The van der Waals surface area contributed by atoms with Crippen molar-refractivity contribution in [3.63, 3.8) is 0 Å². The van der Waals surface area contributed by atoms with E-state index in [1.54, 1.807) is 0 Å². The van der Waals surface area contributed by atoms with Crippen molar-refractivity contribution in [3.05, 3.63) is 52.3 Å². The van der Waals surface area contributed by atoms with Crippen molar-refractivity contribution in [2.75, 3.05) is 5.32 Å². The first-order valence-electron chi connectivity index (χ1n) is 4.80. The summed E-state index contributed by atoms with van der Waals surface area (Å²) in [6, 6.07) is 3.83. The summed E-state index contributed by atoms with van der Waals surface area (Å²) in [6.07, 6.45) is 2.52. The normalized spacial score (nSPS) is 10.2. The van der Waals surface area contributed by atoms with Crippen molar-refractivity contribution < 1.29 is 9.18 Å². The number of rotatable bonds is 2. The standard InChI is InChI=1S/C11H6Cl2FN3O/c12-6-1-2-7(14)8(3-6)17-11(18)9-4-15-5-10(13)16-9/h1-5H,(H,17,18). The van der Waals surface area contributed by atoms with Crippen molar-refractivity contribution in [2.45, 2.75) is 0 Å². The molecule has 1 aromatic heterocycles. The number of carbonyl (C=O) groups excluding carboxylic acids is 1. The quantitative estimate of drug-likeness (QED) is 0.922. The van der Waals surface area contributed by atoms with Crippen LogP contribution in [0, 0.1) is 5.82 Å². The van der Waals surface area contributed by atoms with Gasteiger partial charge in [-0.05, 0) is 18.2 Å². The topological polar surface area (TPSA) is 54.9 Å². The maximum absolute atomic E-state index is 13.4. The highest BCUT2D eigenvalue weighted by molar-refractivity contribution is 6.31. The predicted molar refractivity (Wildman–Crippen MR) is 66.4 cm³/mol. The molecule has 4 nitrogen and oxygen atoms in total. The van der Waals surface area contributed by atoms with E-state index in [1.165, 1.54) is 24.5 Å². The van der Waals surface area contributed by atoms with Crippen molar-refractivity contribution in [3.8, 4) is 0 Å². The number of hydrogen-bond acceptors (Lipinski definition) is 3. The molecule has 0 saturated heterocycles. The van der Waals surface area contributed by atoms with Gasteiger partial charge in [-0.2, -0.15) is 0 Å². The smallest absolute Gasteiger partial charge is 0.276 e. The Hall–Kier alpha value is -1.72. The molecule has 18 heavy (non-hydrogen) atoms. The Balaban J connectivity index is 2.24. The Morgan fingerprint density at radius 1 is 1.28 bits per heavy atom. The molecule has 2 rings (SSSR count). The van der Waals surface area contributed by atoms with E-state index in [2.05, 4.69) is 15.3 Å². The summed E-state index contributed by atoms with van der Waals surface area (Å²) in [5.74, 6) is -1.21. The van der Waals surface area contributed by atoms with Gasteiger partial charge in [0.2, 0.25) is 0 Å². The largest absolute Gasteiger partial charge is 0.318 e. The first-order chi connectivity index (χ1) is 8.56. The van der Waals surface area contributed by atoms with Gasteiger partial charge in [0.25, 0.3) is 5.91 Å². The van der Waals surface area contributed by atoms with Crippen molar-refractivity contribution in [2.24, 2.45) is 0 Å². The molecule has 0 atom stereocenters. The average Bonchev–Trinajstić information content (AvgIpc) is 2.34. The van der Waals surface area contributed by atoms with Crippen molar-refractivity contribution in [1.29, 1.82) is 0 Å². The molecule has 92 valence electrons. The van der Waals surface area contributed by atoms with Crippen molar-refractivity contribution >= 4 is 34.8 Å². The Bertz CT molecular complexity index is 607. The number of nitrogens with one attached hydrogen (secondary N) is 1. The van der Waals surface area contributed by atoms with E-state index in [4.69, 9.17) is 23.2 Å². The van der Waals surface area contributed by atoms with Crippen LogP contribution in [-0.2, 0) is 0 Å². The molecular weight excluding hydrogens is 280 g/mol. The van der Waals surface area contributed by atoms with Crippen LogP contribution in [0.15, 0.2) is 30.6 Å². The first kappa shape index (κ1) is 12.7. The number of aromatic nitrogens is 2. The summed E-state index contributed by atoms with van der Waals surface area (Å²) in [6.45, 7) is 0. The number of amides is 1. The monoisotopic (exact) mass is 285 g/mol. The van der Waals surface area contributed by atoms with Crippen molar-refractivity contribution in [1.82, 2.24) is 9.97 Å².